The van der Waals surface area contributed by atoms with Gasteiger partial charge in [0.2, 0.25) is 5.95 Å². The molecule has 7 nitrogen and oxygen atoms in total. The lowest BCUT2D eigenvalue weighted by Gasteiger charge is -2.07. The van der Waals surface area contributed by atoms with E-state index < -0.39 is 0 Å². The molecule has 5 rings (SSSR count). The zero-order valence-electron chi connectivity index (χ0n) is 13.9. The van der Waals surface area contributed by atoms with Gasteiger partial charge in [-0.25, -0.2) is 15.0 Å². The van der Waals surface area contributed by atoms with Crippen molar-refractivity contribution in [2.45, 2.75) is 0 Å². The van der Waals surface area contributed by atoms with Crippen molar-refractivity contribution >= 4 is 39.5 Å². The molecule has 0 saturated carbocycles. The number of rotatable bonds is 3. The Balaban J connectivity index is 1.77. The number of hydrogen-bond donors (Lipinski definition) is 1. The Kier molecular flexibility index (Phi) is 3.61. The summed E-state index contributed by atoms with van der Waals surface area (Å²) < 4.78 is 1.63. The molecule has 5 aromatic rings. The second kappa shape index (κ2) is 6.26. The number of aromatic nitrogens is 5. The highest BCUT2D eigenvalue weighted by molar-refractivity contribution is 7.08. The average Bonchev–Trinajstić information content (AvgIpc) is 3.32. The van der Waals surface area contributed by atoms with Gasteiger partial charge < -0.3 is 5.32 Å². The molecule has 0 fully saturated rings. The Morgan fingerprint density at radius 2 is 1.89 bits per heavy atom. The molecule has 1 N–H and O–H groups in total. The van der Waals surface area contributed by atoms with Gasteiger partial charge in [0.15, 0.2) is 11.5 Å². The number of fused-ring (bicyclic) bond motifs is 3. The first-order chi connectivity index (χ1) is 13.3. The van der Waals surface area contributed by atoms with Gasteiger partial charge in [0.1, 0.15) is 5.69 Å². The fraction of sp³-hybridized carbons (Fsp3) is 0. The molecule has 4 heterocycles. The van der Waals surface area contributed by atoms with Crippen LogP contribution in [-0.2, 0) is 0 Å². The quantitative estimate of drug-likeness (QED) is 0.522. The van der Waals surface area contributed by atoms with Crippen LogP contribution in [0.4, 0.5) is 11.6 Å². The van der Waals surface area contributed by atoms with Crippen molar-refractivity contribution in [1.29, 1.82) is 0 Å². The molecule has 0 atom stereocenters. The minimum atomic E-state index is -0.374. The lowest BCUT2D eigenvalue weighted by atomic mass is 10.2. The van der Waals surface area contributed by atoms with E-state index in [9.17, 15) is 4.79 Å². The van der Waals surface area contributed by atoms with Crippen LogP contribution in [0.15, 0.2) is 70.3 Å². The van der Waals surface area contributed by atoms with E-state index in [0.29, 0.717) is 23.1 Å². The van der Waals surface area contributed by atoms with Crippen molar-refractivity contribution in [1.82, 2.24) is 24.6 Å². The standard InChI is InChI=1S/C19H12N6OS/c26-18-15(7-3-4-9-20-18)22-19-21-14-6-2-1-5-13(14)17-23-16(24-25(17)19)12-8-10-27-11-12/h1-11H,(H,20,21,22,26). The van der Waals surface area contributed by atoms with Crippen LogP contribution < -0.4 is 10.9 Å². The summed E-state index contributed by atoms with van der Waals surface area (Å²) in [4.78, 5) is 25.4. The minimum Gasteiger partial charge on any atom is -0.319 e. The van der Waals surface area contributed by atoms with E-state index in [0.717, 1.165) is 16.5 Å². The largest absolute Gasteiger partial charge is 0.319 e. The van der Waals surface area contributed by atoms with E-state index in [-0.39, 0.29) is 5.56 Å². The Hall–Kier alpha value is -3.65. The zero-order chi connectivity index (χ0) is 18.2. The molecule has 8 heteroatoms. The Bertz CT molecular complexity index is 1330. The Morgan fingerprint density at radius 1 is 1.00 bits per heavy atom. The molecule has 0 bridgehead atoms. The monoisotopic (exact) mass is 372 g/mol. The lowest BCUT2D eigenvalue weighted by Crippen LogP contribution is -2.11. The topological polar surface area (TPSA) is 85.1 Å². The van der Waals surface area contributed by atoms with Crippen LogP contribution in [0.25, 0.3) is 27.9 Å². The van der Waals surface area contributed by atoms with Crippen LogP contribution in [0.2, 0.25) is 0 Å². The van der Waals surface area contributed by atoms with Crippen LogP contribution in [0, 0.1) is 0 Å². The van der Waals surface area contributed by atoms with Crippen LogP contribution in [0.1, 0.15) is 0 Å². The first-order valence-corrected chi connectivity index (χ1v) is 9.14. The smallest absolute Gasteiger partial charge is 0.293 e. The highest BCUT2D eigenvalue weighted by atomic mass is 32.1. The molecule has 0 radical (unpaired) electrons. The SMILES string of the molecule is O=c1nccccc1Nc1nc2ccccc2c2nc(-c3ccsc3)nn12. The van der Waals surface area contributed by atoms with Crippen molar-refractivity contribution in [3.8, 4) is 11.4 Å². The zero-order valence-corrected chi connectivity index (χ0v) is 14.7. The van der Waals surface area contributed by atoms with Crippen LogP contribution >= 0.6 is 11.3 Å². The maximum Gasteiger partial charge on any atom is 0.293 e. The molecule has 0 saturated heterocycles. The van der Waals surface area contributed by atoms with Gasteiger partial charge in [0, 0.05) is 22.5 Å². The van der Waals surface area contributed by atoms with Gasteiger partial charge in [-0.05, 0) is 35.7 Å². The summed E-state index contributed by atoms with van der Waals surface area (Å²) in [6.07, 6.45) is 1.46. The van der Waals surface area contributed by atoms with Gasteiger partial charge >= 0.3 is 0 Å². The number of anilines is 2. The third-order valence-corrected chi connectivity index (χ3v) is 4.77. The number of nitrogens with zero attached hydrogens (tertiary/aromatic N) is 5. The van der Waals surface area contributed by atoms with E-state index in [2.05, 4.69) is 20.4 Å². The molecular formula is C19H12N6OS. The number of benzene rings is 1. The average molecular weight is 372 g/mol. The summed E-state index contributed by atoms with van der Waals surface area (Å²) in [5.41, 5.74) is 2.32. The molecular weight excluding hydrogens is 360 g/mol. The maximum absolute atomic E-state index is 12.2. The minimum absolute atomic E-state index is 0.316. The van der Waals surface area contributed by atoms with Crippen LogP contribution in [-0.4, -0.2) is 24.6 Å². The van der Waals surface area contributed by atoms with Crippen molar-refractivity contribution in [3.05, 3.63) is 75.8 Å². The summed E-state index contributed by atoms with van der Waals surface area (Å²) in [7, 11) is 0. The second-order valence-corrected chi connectivity index (χ2v) is 6.59. The summed E-state index contributed by atoms with van der Waals surface area (Å²) >= 11 is 1.59. The van der Waals surface area contributed by atoms with Crippen LogP contribution in [0.3, 0.4) is 0 Å². The van der Waals surface area contributed by atoms with Gasteiger partial charge in [-0.3, -0.25) is 4.79 Å². The molecule has 1 aromatic carbocycles. The van der Waals surface area contributed by atoms with E-state index in [1.54, 1.807) is 34.1 Å². The fourth-order valence-corrected chi connectivity index (χ4v) is 3.45. The van der Waals surface area contributed by atoms with Crippen molar-refractivity contribution in [2.75, 3.05) is 5.32 Å². The third-order valence-electron chi connectivity index (χ3n) is 4.09. The van der Waals surface area contributed by atoms with Gasteiger partial charge in [0.05, 0.1) is 5.52 Å². The van der Waals surface area contributed by atoms with Gasteiger partial charge in [-0.15, -0.1) is 5.10 Å². The Labute approximate surface area is 157 Å². The van der Waals surface area contributed by atoms with Crippen molar-refractivity contribution in [3.63, 3.8) is 0 Å². The number of hydrogen-bond acceptors (Lipinski definition) is 7. The molecule has 0 spiro atoms. The maximum atomic E-state index is 12.2. The van der Waals surface area contributed by atoms with Crippen molar-refractivity contribution in [2.24, 2.45) is 0 Å². The number of para-hydroxylation sites is 1. The first kappa shape index (κ1) is 15.6. The highest BCUT2D eigenvalue weighted by Gasteiger charge is 2.15. The number of nitrogens with one attached hydrogen (secondary N) is 1. The Morgan fingerprint density at radius 3 is 2.78 bits per heavy atom. The molecule has 27 heavy (non-hydrogen) atoms. The first-order valence-electron chi connectivity index (χ1n) is 8.20. The summed E-state index contributed by atoms with van der Waals surface area (Å²) in [5, 5.41) is 12.5. The summed E-state index contributed by atoms with van der Waals surface area (Å²) in [6, 6.07) is 14.8. The predicted molar refractivity (Wildman–Crippen MR) is 105 cm³/mol. The van der Waals surface area contributed by atoms with E-state index >= 15 is 0 Å². The molecule has 0 aliphatic heterocycles. The van der Waals surface area contributed by atoms with Crippen LogP contribution in [0.5, 0.6) is 0 Å². The molecule has 0 unspecified atom stereocenters. The molecule has 0 aliphatic rings. The molecule has 4 aromatic heterocycles. The molecule has 0 amide bonds. The second-order valence-electron chi connectivity index (χ2n) is 5.81. The fourth-order valence-electron chi connectivity index (χ4n) is 2.82. The van der Waals surface area contributed by atoms with E-state index in [4.69, 9.17) is 4.98 Å². The van der Waals surface area contributed by atoms with Gasteiger partial charge in [-0.1, -0.05) is 18.2 Å². The van der Waals surface area contributed by atoms with Gasteiger partial charge in [0.25, 0.3) is 5.56 Å². The van der Waals surface area contributed by atoms with Crippen molar-refractivity contribution < 1.29 is 0 Å². The molecule has 130 valence electrons. The van der Waals surface area contributed by atoms with E-state index in [1.165, 1.54) is 6.20 Å². The number of thiophene rings is 1. The molecule has 0 aliphatic carbocycles. The summed E-state index contributed by atoms with van der Waals surface area (Å²) in [6.45, 7) is 0. The highest BCUT2D eigenvalue weighted by Crippen LogP contribution is 2.25. The summed E-state index contributed by atoms with van der Waals surface area (Å²) in [5.74, 6) is 1.01. The van der Waals surface area contributed by atoms with Gasteiger partial charge in [-0.2, -0.15) is 15.9 Å². The third kappa shape index (κ3) is 2.72. The predicted octanol–water partition coefficient (Wildman–Crippen LogP) is 3.50. The van der Waals surface area contributed by atoms with E-state index in [1.807, 2.05) is 41.1 Å². The normalized spacial score (nSPS) is 11.1. The lowest BCUT2D eigenvalue weighted by molar-refractivity contribution is 0.948.